The molecule has 0 bridgehead atoms. The van der Waals surface area contributed by atoms with Crippen molar-refractivity contribution in [3.63, 3.8) is 0 Å². The largest absolute Gasteiger partial charge is 0.340 e. The third-order valence-corrected chi connectivity index (χ3v) is 4.23. The number of hydrogen-bond donors (Lipinski definition) is 2. The van der Waals surface area contributed by atoms with Gasteiger partial charge in [0.05, 0.1) is 4.92 Å². The number of amides is 2. The Morgan fingerprint density at radius 2 is 1.85 bits per heavy atom. The van der Waals surface area contributed by atoms with Gasteiger partial charge in [-0.25, -0.2) is 0 Å². The van der Waals surface area contributed by atoms with E-state index in [-0.39, 0.29) is 11.6 Å². The van der Waals surface area contributed by atoms with Crippen LogP contribution in [0.2, 0.25) is 0 Å². The van der Waals surface area contributed by atoms with Crippen LogP contribution in [-0.4, -0.2) is 22.8 Å². The van der Waals surface area contributed by atoms with Gasteiger partial charge >= 0.3 is 5.69 Å². The molecule has 0 radical (unpaired) electrons. The van der Waals surface area contributed by atoms with Crippen molar-refractivity contribution in [2.45, 2.75) is 26.3 Å². The summed E-state index contributed by atoms with van der Waals surface area (Å²) >= 11 is 0. The Morgan fingerprint density at radius 3 is 2.44 bits per heavy atom. The average molecular weight is 373 g/mol. The minimum absolute atomic E-state index is 0.0790. The number of carbonyl (C=O) groups excluding carboxylic acids is 2. The quantitative estimate of drug-likeness (QED) is 0.573. The molecule has 2 aromatic carbocycles. The molecule has 0 saturated carbocycles. The van der Waals surface area contributed by atoms with E-state index in [9.17, 15) is 24.1 Å². The smallest absolute Gasteiger partial charge is 0.306 e. The first kappa shape index (κ1) is 20.0. The van der Waals surface area contributed by atoms with E-state index in [0.717, 1.165) is 12.1 Å². The summed E-state index contributed by atoms with van der Waals surface area (Å²) in [4.78, 5) is 35.0. The standard InChI is InChI=1S/C19H20FN3O4/c1-3-12(2)17(22-18(24)13-7-5-4-6-8-13)19(25)21-14-9-10-15(20)16(11-14)23(26)27/h4-12,17H,3H2,1-2H3,(H,21,25)(H,22,24)/t12-,17-/m0/s1. The minimum Gasteiger partial charge on any atom is -0.340 e. The van der Waals surface area contributed by atoms with Crippen molar-refractivity contribution in [1.82, 2.24) is 5.32 Å². The van der Waals surface area contributed by atoms with Gasteiger partial charge in [0, 0.05) is 17.3 Å². The van der Waals surface area contributed by atoms with E-state index in [2.05, 4.69) is 10.6 Å². The van der Waals surface area contributed by atoms with Crippen molar-refractivity contribution in [3.8, 4) is 0 Å². The molecule has 7 nitrogen and oxygen atoms in total. The zero-order chi connectivity index (χ0) is 20.0. The van der Waals surface area contributed by atoms with Crippen LogP contribution in [-0.2, 0) is 4.79 Å². The van der Waals surface area contributed by atoms with Gasteiger partial charge in [-0.2, -0.15) is 4.39 Å². The number of benzene rings is 2. The molecule has 0 spiro atoms. The van der Waals surface area contributed by atoms with Gasteiger partial charge in [0.25, 0.3) is 5.91 Å². The van der Waals surface area contributed by atoms with E-state index in [1.807, 2.05) is 13.8 Å². The summed E-state index contributed by atoms with van der Waals surface area (Å²) in [5, 5.41) is 16.1. The van der Waals surface area contributed by atoms with Crippen molar-refractivity contribution >= 4 is 23.2 Å². The number of rotatable bonds is 7. The predicted octanol–water partition coefficient (Wildman–Crippen LogP) is 3.52. The zero-order valence-electron chi connectivity index (χ0n) is 14.9. The maximum absolute atomic E-state index is 13.4. The molecule has 0 aromatic heterocycles. The number of nitro groups is 1. The number of nitrogens with zero attached hydrogens (tertiary/aromatic N) is 1. The summed E-state index contributed by atoms with van der Waals surface area (Å²) in [6, 6.07) is 10.7. The van der Waals surface area contributed by atoms with E-state index in [1.165, 1.54) is 6.07 Å². The molecule has 0 aliphatic carbocycles. The highest BCUT2D eigenvalue weighted by molar-refractivity contribution is 6.01. The highest BCUT2D eigenvalue weighted by Crippen LogP contribution is 2.22. The second-order valence-electron chi connectivity index (χ2n) is 6.12. The lowest BCUT2D eigenvalue weighted by atomic mass is 9.97. The lowest BCUT2D eigenvalue weighted by Crippen LogP contribution is -2.47. The Hall–Kier alpha value is -3.29. The molecule has 0 unspecified atom stereocenters. The fourth-order valence-electron chi connectivity index (χ4n) is 2.47. The maximum atomic E-state index is 13.4. The van der Waals surface area contributed by atoms with Crippen molar-refractivity contribution in [2.75, 3.05) is 5.32 Å². The molecule has 0 saturated heterocycles. The Kier molecular flexibility index (Phi) is 6.59. The number of carbonyl (C=O) groups is 2. The Balaban J connectivity index is 2.19. The van der Waals surface area contributed by atoms with Crippen LogP contribution >= 0.6 is 0 Å². The Bertz CT molecular complexity index is 842. The number of hydrogen-bond acceptors (Lipinski definition) is 4. The van der Waals surface area contributed by atoms with Gasteiger partial charge < -0.3 is 10.6 Å². The molecule has 2 amide bonds. The van der Waals surface area contributed by atoms with Crippen molar-refractivity contribution < 1.29 is 18.9 Å². The number of nitro benzene ring substituents is 1. The van der Waals surface area contributed by atoms with Gasteiger partial charge in [-0.1, -0.05) is 38.5 Å². The molecule has 2 N–H and O–H groups in total. The lowest BCUT2D eigenvalue weighted by molar-refractivity contribution is -0.387. The molecule has 27 heavy (non-hydrogen) atoms. The molecule has 2 rings (SSSR count). The second kappa shape index (κ2) is 8.88. The monoisotopic (exact) mass is 373 g/mol. The molecule has 0 fully saturated rings. The molecular formula is C19H20FN3O4. The third-order valence-electron chi connectivity index (χ3n) is 4.23. The van der Waals surface area contributed by atoms with E-state index < -0.39 is 34.3 Å². The summed E-state index contributed by atoms with van der Waals surface area (Å²) in [7, 11) is 0. The average Bonchev–Trinajstić information content (AvgIpc) is 2.67. The Labute approximate surface area is 155 Å². The van der Waals surface area contributed by atoms with Crippen LogP contribution < -0.4 is 10.6 Å². The first-order chi connectivity index (χ1) is 12.8. The van der Waals surface area contributed by atoms with Crippen LogP contribution in [0, 0.1) is 21.8 Å². The highest BCUT2D eigenvalue weighted by atomic mass is 19.1. The van der Waals surface area contributed by atoms with Gasteiger partial charge in [0.15, 0.2) is 0 Å². The van der Waals surface area contributed by atoms with Crippen LogP contribution in [0.15, 0.2) is 48.5 Å². The van der Waals surface area contributed by atoms with Crippen LogP contribution in [0.5, 0.6) is 0 Å². The normalized spacial score (nSPS) is 12.7. The third kappa shape index (κ3) is 5.10. The molecule has 2 atom stereocenters. The number of nitrogens with one attached hydrogen (secondary N) is 2. The molecule has 8 heteroatoms. The Morgan fingerprint density at radius 1 is 1.19 bits per heavy atom. The van der Waals surface area contributed by atoms with Crippen LogP contribution in [0.25, 0.3) is 0 Å². The molecule has 142 valence electrons. The van der Waals surface area contributed by atoms with Crippen LogP contribution in [0.1, 0.15) is 30.6 Å². The number of halogens is 1. The fraction of sp³-hybridized carbons (Fsp3) is 0.263. The summed E-state index contributed by atoms with van der Waals surface area (Å²) in [6.45, 7) is 3.69. The van der Waals surface area contributed by atoms with Crippen molar-refractivity contribution in [3.05, 3.63) is 70.0 Å². The van der Waals surface area contributed by atoms with Crippen LogP contribution in [0.3, 0.4) is 0 Å². The lowest BCUT2D eigenvalue weighted by Gasteiger charge is -2.23. The molecular weight excluding hydrogens is 353 g/mol. The predicted molar refractivity (Wildman–Crippen MR) is 98.8 cm³/mol. The summed E-state index contributed by atoms with van der Waals surface area (Å²) < 4.78 is 13.4. The van der Waals surface area contributed by atoms with Crippen LogP contribution in [0.4, 0.5) is 15.8 Å². The summed E-state index contributed by atoms with van der Waals surface area (Å²) in [6.07, 6.45) is 0.622. The second-order valence-corrected chi connectivity index (χ2v) is 6.12. The maximum Gasteiger partial charge on any atom is 0.306 e. The molecule has 0 heterocycles. The van der Waals surface area contributed by atoms with Gasteiger partial charge in [-0.05, 0) is 30.2 Å². The first-order valence-corrected chi connectivity index (χ1v) is 8.44. The number of anilines is 1. The topological polar surface area (TPSA) is 101 Å². The van der Waals surface area contributed by atoms with E-state index >= 15 is 0 Å². The van der Waals surface area contributed by atoms with E-state index in [1.54, 1.807) is 30.3 Å². The first-order valence-electron chi connectivity index (χ1n) is 8.44. The molecule has 0 aliphatic rings. The van der Waals surface area contributed by atoms with Crippen molar-refractivity contribution in [2.24, 2.45) is 5.92 Å². The minimum atomic E-state index is -0.992. The van der Waals surface area contributed by atoms with Crippen molar-refractivity contribution in [1.29, 1.82) is 0 Å². The highest BCUT2D eigenvalue weighted by Gasteiger charge is 2.27. The molecule has 0 aliphatic heterocycles. The van der Waals surface area contributed by atoms with E-state index in [0.29, 0.717) is 12.0 Å². The van der Waals surface area contributed by atoms with Gasteiger partial charge in [0.1, 0.15) is 6.04 Å². The summed E-state index contributed by atoms with van der Waals surface area (Å²) in [5.41, 5.74) is -0.243. The summed E-state index contributed by atoms with van der Waals surface area (Å²) in [5.74, 6) is -2.11. The van der Waals surface area contributed by atoms with Gasteiger partial charge in [-0.15, -0.1) is 0 Å². The fourth-order valence-corrected chi connectivity index (χ4v) is 2.47. The van der Waals surface area contributed by atoms with Gasteiger partial charge in [0.2, 0.25) is 11.7 Å². The SMILES string of the molecule is CC[C@H](C)[C@H](NC(=O)c1ccccc1)C(=O)Nc1ccc(F)c([N+](=O)[O-])c1. The van der Waals surface area contributed by atoms with E-state index in [4.69, 9.17) is 0 Å². The zero-order valence-corrected chi connectivity index (χ0v) is 14.9. The van der Waals surface area contributed by atoms with Gasteiger partial charge in [-0.3, -0.25) is 19.7 Å². The molecule has 2 aromatic rings.